The van der Waals surface area contributed by atoms with Crippen LogP contribution < -0.4 is 0 Å². The van der Waals surface area contributed by atoms with Gasteiger partial charge in [-0.15, -0.1) is 0 Å². The molecule has 5 aromatic rings. The second kappa shape index (κ2) is 6.50. The van der Waals surface area contributed by atoms with Gasteiger partial charge in [0.05, 0.1) is 11.2 Å². The number of rotatable bonds is 0. The number of nitrogens with zero attached hydrogens (tertiary/aromatic N) is 1. The summed E-state index contributed by atoms with van der Waals surface area (Å²) in [6.07, 6.45) is 0. The van der Waals surface area contributed by atoms with E-state index in [4.69, 9.17) is 9.40 Å². The Bertz CT molecular complexity index is 1630. The summed E-state index contributed by atoms with van der Waals surface area (Å²) >= 11 is 0. The van der Waals surface area contributed by atoms with E-state index >= 15 is 0 Å². The summed E-state index contributed by atoms with van der Waals surface area (Å²) in [6, 6.07) is 20.0. The molecule has 0 bridgehead atoms. The highest BCUT2D eigenvalue weighted by molar-refractivity contribution is 6.17. The molecule has 172 valence electrons. The Labute approximate surface area is 202 Å². The summed E-state index contributed by atoms with van der Waals surface area (Å²) in [5.74, 6) is 0. The molecule has 0 fully saturated rings. The Kier molecular flexibility index (Phi) is 4.09. The fourth-order valence-corrected chi connectivity index (χ4v) is 5.82. The van der Waals surface area contributed by atoms with E-state index in [1.807, 2.05) is 0 Å². The first-order chi connectivity index (χ1) is 15.9. The predicted molar refractivity (Wildman–Crippen MR) is 144 cm³/mol. The molecule has 2 aromatic heterocycles. The van der Waals surface area contributed by atoms with Gasteiger partial charge in [0.15, 0.2) is 0 Å². The minimum Gasteiger partial charge on any atom is -0.455 e. The maximum Gasteiger partial charge on any atom is 0.139 e. The lowest BCUT2D eigenvalue weighted by Gasteiger charge is -2.29. The monoisotopic (exact) mass is 447 g/mol. The lowest BCUT2D eigenvalue weighted by Crippen LogP contribution is -2.21. The van der Waals surface area contributed by atoms with E-state index in [1.165, 1.54) is 44.0 Å². The molecule has 2 heterocycles. The Morgan fingerprint density at radius 2 is 1.32 bits per heavy atom. The molecule has 0 atom stereocenters. The predicted octanol–water partition coefficient (Wildman–Crippen LogP) is 9.04. The van der Waals surface area contributed by atoms with Crippen LogP contribution in [0.1, 0.15) is 77.6 Å². The average molecular weight is 448 g/mol. The van der Waals surface area contributed by atoms with Crippen LogP contribution in [0.3, 0.4) is 0 Å². The lowest BCUT2D eigenvalue weighted by molar-refractivity contribution is 0.555. The van der Waals surface area contributed by atoms with E-state index in [2.05, 4.69) is 110 Å². The molecule has 0 N–H and O–H groups in total. The van der Waals surface area contributed by atoms with Crippen molar-refractivity contribution in [2.75, 3.05) is 0 Å². The Hall–Kier alpha value is -3.13. The number of hydrogen-bond acceptors (Lipinski definition) is 2. The van der Waals surface area contributed by atoms with Crippen LogP contribution in [-0.2, 0) is 16.2 Å². The van der Waals surface area contributed by atoms with Gasteiger partial charge in [-0.2, -0.15) is 0 Å². The summed E-state index contributed by atoms with van der Waals surface area (Å²) < 4.78 is 6.89. The number of pyridine rings is 1. The molecule has 3 aromatic carbocycles. The van der Waals surface area contributed by atoms with Gasteiger partial charge in [0.2, 0.25) is 0 Å². The topological polar surface area (TPSA) is 26.0 Å². The van der Waals surface area contributed by atoms with Gasteiger partial charge in [0.25, 0.3) is 0 Å². The first kappa shape index (κ1) is 21.4. The third-order valence-corrected chi connectivity index (χ3v) is 7.71. The molecule has 0 unspecified atom stereocenters. The molecular weight excluding hydrogens is 414 g/mol. The van der Waals surface area contributed by atoms with Crippen molar-refractivity contribution in [3.8, 4) is 11.3 Å². The van der Waals surface area contributed by atoms with Crippen molar-refractivity contribution >= 4 is 32.8 Å². The zero-order valence-electron chi connectivity index (χ0n) is 21.6. The van der Waals surface area contributed by atoms with Crippen molar-refractivity contribution in [3.05, 3.63) is 76.9 Å². The zero-order chi connectivity index (χ0) is 24.2. The van der Waals surface area contributed by atoms with Gasteiger partial charge in [-0.3, -0.25) is 0 Å². The van der Waals surface area contributed by atoms with Gasteiger partial charge in [-0.25, -0.2) is 4.98 Å². The van der Waals surface area contributed by atoms with Crippen LogP contribution in [0.2, 0.25) is 0 Å². The number of benzene rings is 3. The molecule has 2 heteroatoms. The molecule has 0 saturated heterocycles. The van der Waals surface area contributed by atoms with Crippen LogP contribution in [0, 0.1) is 0 Å². The van der Waals surface area contributed by atoms with Crippen LogP contribution in [0.5, 0.6) is 0 Å². The van der Waals surface area contributed by atoms with Crippen molar-refractivity contribution in [3.63, 3.8) is 0 Å². The molecule has 0 amide bonds. The third-order valence-electron chi connectivity index (χ3n) is 7.71. The Balaban J connectivity index is 1.90. The highest BCUT2D eigenvalue weighted by Gasteiger charge is 2.37. The number of furan rings is 1. The van der Waals surface area contributed by atoms with E-state index < -0.39 is 0 Å². The first-order valence-electron chi connectivity index (χ1n) is 12.3. The van der Waals surface area contributed by atoms with E-state index in [-0.39, 0.29) is 16.2 Å². The maximum absolute atomic E-state index is 6.89. The van der Waals surface area contributed by atoms with Crippen molar-refractivity contribution in [1.82, 2.24) is 4.98 Å². The van der Waals surface area contributed by atoms with Gasteiger partial charge in [-0.05, 0) is 34.1 Å². The largest absolute Gasteiger partial charge is 0.455 e. The van der Waals surface area contributed by atoms with Gasteiger partial charge >= 0.3 is 0 Å². The Morgan fingerprint density at radius 3 is 2.00 bits per heavy atom. The van der Waals surface area contributed by atoms with Crippen LogP contribution in [0.15, 0.2) is 59.0 Å². The van der Waals surface area contributed by atoms with Gasteiger partial charge in [0.1, 0.15) is 11.2 Å². The standard InChI is InChI=1S/C32H33NO/c1-30(2,3)21-14-13-19-25-26-20(15-16-22(31(4,5)6)29(26)34-28(21)25)32(7,8)23-17-18-11-9-10-12-24(18)33-27(19)23/h9-17H,1-8H3. The van der Waals surface area contributed by atoms with Gasteiger partial charge in [0, 0.05) is 38.3 Å². The average Bonchev–Trinajstić information content (AvgIpc) is 3.12. The smallest absolute Gasteiger partial charge is 0.139 e. The molecular formula is C32H33NO. The van der Waals surface area contributed by atoms with E-state index in [0.29, 0.717) is 0 Å². The summed E-state index contributed by atoms with van der Waals surface area (Å²) in [5.41, 5.74) is 10.1. The minimum atomic E-state index is -0.223. The van der Waals surface area contributed by atoms with Crippen molar-refractivity contribution in [1.29, 1.82) is 0 Å². The normalized spacial score (nSPS) is 15.3. The van der Waals surface area contributed by atoms with Crippen LogP contribution in [0.25, 0.3) is 44.1 Å². The third kappa shape index (κ3) is 2.78. The highest BCUT2D eigenvalue weighted by atomic mass is 16.3. The number of aromatic nitrogens is 1. The van der Waals surface area contributed by atoms with Crippen LogP contribution >= 0.6 is 0 Å². The number of fused-ring (bicyclic) bond motifs is 3. The first-order valence-corrected chi connectivity index (χ1v) is 12.3. The molecule has 2 nitrogen and oxygen atoms in total. The second-order valence-corrected chi connectivity index (χ2v) is 12.5. The zero-order valence-corrected chi connectivity index (χ0v) is 21.6. The lowest BCUT2D eigenvalue weighted by atomic mass is 9.75. The van der Waals surface area contributed by atoms with E-state index in [9.17, 15) is 0 Å². The fraction of sp³-hybridized carbons (Fsp3) is 0.344. The van der Waals surface area contributed by atoms with Gasteiger partial charge < -0.3 is 4.42 Å². The number of hydrogen-bond donors (Lipinski definition) is 0. The van der Waals surface area contributed by atoms with E-state index in [0.717, 1.165) is 22.4 Å². The summed E-state index contributed by atoms with van der Waals surface area (Å²) in [7, 11) is 0. The van der Waals surface area contributed by atoms with Crippen LogP contribution in [0.4, 0.5) is 0 Å². The molecule has 0 saturated carbocycles. The summed E-state index contributed by atoms with van der Waals surface area (Å²) in [6.45, 7) is 18.3. The molecule has 0 spiro atoms. The maximum atomic E-state index is 6.89. The quantitative estimate of drug-likeness (QED) is 0.237. The SMILES string of the molecule is CC(C)(C)c1ccc2c3c1oc1c(C(C)(C)C)ccc(c13)C(C)(C)c1cc3ccccc3nc1-2. The molecule has 1 aliphatic rings. The molecule has 6 rings (SSSR count). The van der Waals surface area contributed by atoms with E-state index in [1.54, 1.807) is 0 Å². The number of para-hydroxylation sites is 1. The molecule has 34 heavy (non-hydrogen) atoms. The summed E-state index contributed by atoms with van der Waals surface area (Å²) in [4.78, 5) is 5.27. The fourth-order valence-electron chi connectivity index (χ4n) is 5.82. The molecule has 0 aliphatic heterocycles. The summed E-state index contributed by atoms with van der Waals surface area (Å²) in [5, 5.41) is 3.67. The molecule has 0 radical (unpaired) electrons. The van der Waals surface area contributed by atoms with Crippen molar-refractivity contribution in [2.24, 2.45) is 0 Å². The second-order valence-electron chi connectivity index (χ2n) is 12.5. The Morgan fingerprint density at radius 1 is 0.706 bits per heavy atom. The van der Waals surface area contributed by atoms with Crippen LogP contribution in [-0.4, -0.2) is 4.98 Å². The molecule has 1 aliphatic carbocycles. The van der Waals surface area contributed by atoms with Crippen molar-refractivity contribution < 1.29 is 4.42 Å². The highest BCUT2D eigenvalue weighted by Crippen LogP contribution is 2.52. The van der Waals surface area contributed by atoms with Gasteiger partial charge in [-0.1, -0.05) is 97.9 Å². The van der Waals surface area contributed by atoms with Crippen molar-refractivity contribution in [2.45, 2.75) is 71.6 Å². The minimum absolute atomic E-state index is 0.0231.